The van der Waals surface area contributed by atoms with E-state index in [1.807, 2.05) is 6.92 Å². The number of thiophene rings is 1. The van der Waals surface area contributed by atoms with Gasteiger partial charge in [-0.25, -0.2) is 4.79 Å². The molecule has 1 atom stereocenters. The molecule has 2 rings (SSSR count). The normalized spacial score (nSPS) is 11.7. The van der Waals surface area contributed by atoms with Crippen molar-refractivity contribution in [2.24, 2.45) is 0 Å². The topological polar surface area (TPSA) is 137 Å². The van der Waals surface area contributed by atoms with Crippen LogP contribution in [-0.4, -0.2) is 58.1 Å². The molecule has 2 heterocycles. The summed E-state index contributed by atoms with van der Waals surface area (Å²) in [4.78, 5) is 50.1. The second-order valence-electron chi connectivity index (χ2n) is 7.10. The Morgan fingerprint density at radius 1 is 1.35 bits per heavy atom. The molecule has 0 aliphatic rings. The van der Waals surface area contributed by atoms with Gasteiger partial charge in [0, 0.05) is 14.1 Å². The van der Waals surface area contributed by atoms with E-state index >= 15 is 0 Å². The summed E-state index contributed by atoms with van der Waals surface area (Å²) in [6, 6.07) is -0.901. The van der Waals surface area contributed by atoms with E-state index in [0.29, 0.717) is 16.9 Å². The molecule has 31 heavy (non-hydrogen) atoms. The van der Waals surface area contributed by atoms with Crippen LogP contribution < -0.4 is 5.32 Å². The highest BCUT2D eigenvalue weighted by molar-refractivity contribution is 7.18. The predicted molar refractivity (Wildman–Crippen MR) is 115 cm³/mol. The summed E-state index contributed by atoms with van der Waals surface area (Å²) >= 11 is 0.977. The number of hydrogen-bond acceptors (Lipinski definition) is 8. The van der Waals surface area contributed by atoms with Gasteiger partial charge in [-0.2, -0.15) is 5.10 Å². The Morgan fingerprint density at radius 2 is 2.00 bits per heavy atom. The van der Waals surface area contributed by atoms with Crippen LogP contribution in [0, 0.1) is 24.0 Å². The van der Waals surface area contributed by atoms with Crippen LogP contribution in [0.15, 0.2) is 6.20 Å². The third-order valence-corrected chi connectivity index (χ3v) is 5.68. The summed E-state index contributed by atoms with van der Waals surface area (Å²) in [6.45, 7) is 6.67. The van der Waals surface area contributed by atoms with Crippen molar-refractivity contribution in [2.75, 3.05) is 26.0 Å². The molecule has 0 aliphatic heterocycles. The number of rotatable bonds is 8. The molecule has 0 aromatic carbocycles. The number of carbonyl (C=O) groups excluding carboxylic acids is 3. The van der Waals surface area contributed by atoms with Crippen molar-refractivity contribution in [1.82, 2.24) is 14.7 Å². The minimum atomic E-state index is -0.901. The summed E-state index contributed by atoms with van der Waals surface area (Å²) < 4.78 is 6.41. The third-order valence-electron chi connectivity index (χ3n) is 4.49. The highest BCUT2D eigenvalue weighted by Gasteiger charge is 2.29. The maximum Gasteiger partial charge on any atom is 0.341 e. The fraction of sp³-hybridized carbons (Fsp3) is 0.474. The van der Waals surface area contributed by atoms with Gasteiger partial charge in [-0.3, -0.25) is 24.4 Å². The monoisotopic (exact) mass is 451 g/mol. The van der Waals surface area contributed by atoms with Gasteiger partial charge >= 0.3 is 11.7 Å². The number of hydrogen-bond donors (Lipinski definition) is 1. The van der Waals surface area contributed by atoms with E-state index in [2.05, 4.69) is 10.4 Å². The zero-order valence-corrected chi connectivity index (χ0v) is 19.0. The number of nitrogens with zero attached hydrogens (tertiary/aromatic N) is 4. The van der Waals surface area contributed by atoms with E-state index < -0.39 is 22.8 Å². The van der Waals surface area contributed by atoms with Crippen LogP contribution in [-0.2, 0) is 9.53 Å². The number of aromatic nitrogens is 2. The molecular weight excluding hydrogens is 426 g/mol. The first-order valence-corrected chi connectivity index (χ1v) is 10.3. The summed E-state index contributed by atoms with van der Waals surface area (Å²) in [7, 11) is 3.17. The van der Waals surface area contributed by atoms with Crippen LogP contribution in [0.4, 0.5) is 10.7 Å². The Hall–Kier alpha value is -3.28. The number of aryl methyl sites for hydroxylation is 1. The summed E-state index contributed by atoms with van der Waals surface area (Å²) in [5.41, 5.74) is 0.513. The Kier molecular flexibility index (Phi) is 7.50. The second kappa shape index (κ2) is 9.69. The van der Waals surface area contributed by atoms with Crippen molar-refractivity contribution in [3.8, 4) is 0 Å². The number of nitrogens with one attached hydrogen (secondary N) is 1. The van der Waals surface area contributed by atoms with Crippen LogP contribution in [0.5, 0.6) is 0 Å². The molecule has 2 amide bonds. The average Bonchev–Trinajstić information content (AvgIpc) is 3.24. The Balaban J connectivity index is 2.39. The van der Waals surface area contributed by atoms with Gasteiger partial charge in [-0.05, 0) is 32.8 Å². The number of anilines is 1. The van der Waals surface area contributed by atoms with Crippen LogP contribution in [0.3, 0.4) is 0 Å². The standard InChI is InChI=1S/C19H25N5O6S/c1-7-8-30-19(27)14-10(2)15(18(26)22(5)6)31-17(14)20-16(25)12(4)23-9-13(24(28)29)11(3)21-23/h9,12H,7-8H2,1-6H3,(H,20,25). The number of amides is 2. The highest BCUT2D eigenvalue weighted by atomic mass is 32.1. The number of nitro groups is 1. The summed E-state index contributed by atoms with van der Waals surface area (Å²) in [5, 5.41) is 17.9. The Morgan fingerprint density at radius 3 is 2.52 bits per heavy atom. The van der Waals surface area contributed by atoms with Gasteiger partial charge in [-0.1, -0.05) is 6.92 Å². The lowest BCUT2D eigenvalue weighted by Gasteiger charge is -2.12. The van der Waals surface area contributed by atoms with Gasteiger partial charge in [0.15, 0.2) is 0 Å². The first kappa shape index (κ1) is 24.0. The molecule has 2 aromatic heterocycles. The van der Waals surface area contributed by atoms with Gasteiger partial charge in [0.2, 0.25) is 5.91 Å². The molecule has 0 aliphatic carbocycles. The quantitative estimate of drug-likeness (QED) is 0.370. The molecular formula is C19H25N5O6S. The molecule has 1 unspecified atom stereocenters. The third kappa shape index (κ3) is 5.08. The Bertz CT molecular complexity index is 1030. The van der Waals surface area contributed by atoms with Crippen LogP contribution >= 0.6 is 11.3 Å². The van der Waals surface area contributed by atoms with Crippen molar-refractivity contribution in [3.05, 3.63) is 38.0 Å². The predicted octanol–water partition coefficient (Wildman–Crippen LogP) is 2.94. The largest absolute Gasteiger partial charge is 0.462 e. The molecule has 0 bridgehead atoms. The van der Waals surface area contributed by atoms with Gasteiger partial charge in [0.05, 0.1) is 22.0 Å². The molecule has 0 fully saturated rings. The molecule has 12 heteroatoms. The zero-order chi connectivity index (χ0) is 23.5. The highest BCUT2D eigenvalue weighted by Crippen LogP contribution is 2.35. The van der Waals surface area contributed by atoms with Crippen LogP contribution in [0.25, 0.3) is 0 Å². The molecule has 1 N–H and O–H groups in total. The first-order valence-electron chi connectivity index (χ1n) is 9.52. The van der Waals surface area contributed by atoms with Crippen molar-refractivity contribution in [2.45, 2.75) is 40.2 Å². The van der Waals surface area contributed by atoms with E-state index in [9.17, 15) is 24.5 Å². The van der Waals surface area contributed by atoms with Gasteiger partial charge in [-0.15, -0.1) is 11.3 Å². The van der Waals surface area contributed by atoms with Gasteiger partial charge in [0.25, 0.3) is 5.91 Å². The average molecular weight is 452 g/mol. The fourth-order valence-electron chi connectivity index (χ4n) is 2.71. The van der Waals surface area contributed by atoms with E-state index in [4.69, 9.17) is 4.74 Å². The lowest BCUT2D eigenvalue weighted by molar-refractivity contribution is -0.385. The zero-order valence-electron chi connectivity index (χ0n) is 18.2. The smallest absolute Gasteiger partial charge is 0.341 e. The Labute approximate surface area is 183 Å². The van der Waals surface area contributed by atoms with Gasteiger partial charge < -0.3 is 15.0 Å². The second-order valence-corrected chi connectivity index (χ2v) is 8.12. The maximum absolute atomic E-state index is 12.8. The molecule has 0 spiro atoms. The van der Waals surface area contributed by atoms with Crippen molar-refractivity contribution in [1.29, 1.82) is 0 Å². The van der Waals surface area contributed by atoms with E-state index in [1.54, 1.807) is 21.0 Å². The molecule has 0 radical (unpaired) electrons. The van der Waals surface area contributed by atoms with E-state index in [1.165, 1.54) is 29.6 Å². The van der Waals surface area contributed by atoms with Crippen molar-refractivity contribution >= 4 is 39.8 Å². The van der Waals surface area contributed by atoms with E-state index in [-0.39, 0.29) is 34.5 Å². The molecule has 0 saturated carbocycles. The minimum absolute atomic E-state index is 0.117. The lowest BCUT2D eigenvalue weighted by atomic mass is 10.1. The van der Waals surface area contributed by atoms with Crippen LogP contribution in [0.1, 0.15) is 57.6 Å². The maximum atomic E-state index is 12.8. The summed E-state index contributed by atoms with van der Waals surface area (Å²) in [5.74, 6) is -1.49. The molecule has 11 nitrogen and oxygen atoms in total. The number of esters is 1. The lowest BCUT2D eigenvalue weighted by Crippen LogP contribution is -2.24. The van der Waals surface area contributed by atoms with Crippen LogP contribution in [0.2, 0.25) is 0 Å². The van der Waals surface area contributed by atoms with Gasteiger partial charge in [0.1, 0.15) is 22.9 Å². The number of carbonyl (C=O) groups is 3. The van der Waals surface area contributed by atoms with E-state index in [0.717, 1.165) is 11.3 Å². The molecule has 2 aromatic rings. The number of ether oxygens (including phenoxy) is 1. The molecule has 0 saturated heterocycles. The SMILES string of the molecule is CCCOC(=O)c1c(NC(=O)C(C)n2cc([N+](=O)[O-])c(C)n2)sc(C(=O)N(C)C)c1C. The van der Waals surface area contributed by atoms with Crippen molar-refractivity contribution < 1.29 is 24.0 Å². The fourth-order valence-corrected chi connectivity index (χ4v) is 3.93. The first-order chi connectivity index (χ1) is 14.5. The van der Waals surface area contributed by atoms with Crippen molar-refractivity contribution in [3.63, 3.8) is 0 Å². The summed E-state index contributed by atoms with van der Waals surface area (Å²) in [6.07, 6.45) is 1.80. The minimum Gasteiger partial charge on any atom is -0.462 e. The molecule has 168 valence electrons.